The zero-order valence-corrected chi connectivity index (χ0v) is 15.0. The van der Waals surface area contributed by atoms with Crippen molar-refractivity contribution in [3.05, 3.63) is 76.3 Å². The SMILES string of the molecule is Cc1cccc(-c2nc(CC(=O)NCc3ccc(C(=O)O)cc3)cs2)c1. The fourth-order valence-electron chi connectivity index (χ4n) is 2.49. The molecule has 2 N–H and O–H groups in total. The minimum Gasteiger partial charge on any atom is -0.478 e. The summed E-state index contributed by atoms with van der Waals surface area (Å²) in [7, 11) is 0. The molecule has 132 valence electrons. The minimum atomic E-state index is -0.964. The van der Waals surface area contributed by atoms with E-state index in [9.17, 15) is 9.59 Å². The van der Waals surface area contributed by atoms with E-state index in [0.717, 1.165) is 21.8 Å². The number of carboxylic acids is 1. The van der Waals surface area contributed by atoms with Crippen LogP contribution in [0.5, 0.6) is 0 Å². The lowest BCUT2D eigenvalue weighted by Gasteiger charge is -2.05. The molecule has 0 spiro atoms. The molecule has 0 unspecified atom stereocenters. The van der Waals surface area contributed by atoms with Gasteiger partial charge in [-0.3, -0.25) is 4.79 Å². The largest absolute Gasteiger partial charge is 0.478 e. The number of hydrogen-bond donors (Lipinski definition) is 2. The van der Waals surface area contributed by atoms with Crippen molar-refractivity contribution < 1.29 is 14.7 Å². The third-order valence-electron chi connectivity index (χ3n) is 3.85. The Balaban J connectivity index is 1.56. The maximum Gasteiger partial charge on any atom is 0.335 e. The maximum atomic E-state index is 12.1. The summed E-state index contributed by atoms with van der Waals surface area (Å²) >= 11 is 1.53. The van der Waals surface area contributed by atoms with Gasteiger partial charge in [0, 0.05) is 17.5 Å². The van der Waals surface area contributed by atoms with Crippen LogP contribution in [0.1, 0.15) is 27.2 Å². The van der Waals surface area contributed by atoms with Gasteiger partial charge in [-0.25, -0.2) is 9.78 Å². The molecule has 0 saturated carbocycles. The third-order valence-corrected chi connectivity index (χ3v) is 4.79. The van der Waals surface area contributed by atoms with Gasteiger partial charge in [-0.1, -0.05) is 35.9 Å². The van der Waals surface area contributed by atoms with E-state index in [1.165, 1.54) is 29.0 Å². The van der Waals surface area contributed by atoms with Gasteiger partial charge >= 0.3 is 5.97 Å². The minimum absolute atomic E-state index is 0.117. The second kappa shape index (κ2) is 7.93. The van der Waals surface area contributed by atoms with Crippen LogP contribution in [0.15, 0.2) is 53.9 Å². The van der Waals surface area contributed by atoms with Crippen molar-refractivity contribution in [3.63, 3.8) is 0 Å². The van der Waals surface area contributed by atoms with Crippen LogP contribution in [-0.2, 0) is 17.8 Å². The number of thiazole rings is 1. The number of aryl methyl sites for hydroxylation is 1. The van der Waals surface area contributed by atoms with Gasteiger partial charge in [0.1, 0.15) is 5.01 Å². The fraction of sp³-hybridized carbons (Fsp3) is 0.150. The van der Waals surface area contributed by atoms with Gasteiger partial charge in [-0.05, 0) is 30.7 Å². The summed E-state index contributed by atoms with van der Waals surface area (Å²) in [6.45, 7) is 2.39. The van der Waals surface area contributed by atoms with E-state index in [-0.39, 0.29) is 17.9 Å². The first-order valence-corrected chi connectivity index (χ1v) is 8.99. The number of hydrogen-bond acceptors (Lipinski definition) is 4. The molecule has 1 heterocycles. The van der Waals surface area contributed by atoms with E-state index < -0.39 is 5.97 Å². The molecule has 0 radical (unpaired) electrons. The Morgan fingerprint density at radius 2 is 1.92 bits per heavy atom. The quantitative estimate of drug-likeness (QED) is 0.697. The number of carbonyl (C=O) groups is 2. The predicted octanol–water partition coefficient (Wildman–Crippen LogP) is 3.68. The molecule has 0 fully saturated rings. The van der Waals surface area contributed by atoms with E-state index in [1.807, 2.05) is 30.5 Å². The van der Waals surface area contributed by atoms with Crippen molar-refractivity contribution in [1.29, 1.82) is 0 Å². The summed E-state index contributed by atoms with van der Waals surface area (Å²) in [5, 5.41) is 14.5. The Bertz CT molecular complexity index is 932. The first-order chi connectivity index (χ1) is 12.5. The van der Waals surface area contributed by atoms with Crippen LogP contribution < -0.4 is 5.32 Å². The number of benzene rings is 2. The molecule has 6 heteroatoms. The summed E-state index contributed by atoms with van der Waals surface area (Å²) in [4.78, 5) is 27.5. The predicted molar refractivity (Wildman–Crippen MR) is 101 cm³/mol. The molecule has 3 aromatic rings. The molecule has 1 amide bonds. The van der Waals surface area contributed by atoms with Crippen LogP contribution in [-0.4, -0.2) is 22.0 Å². The van der Waals surface area contributed by atoms with Crippen LogP contribution in [0, 0.1) is 6.92 Å². The molecule has 0 atom stereocenters. The van der Waals surface area contributed by atoms with Crippen molar-refractivity contribution >= 4 is 23.2 Å². The third kappa shape index (κ3) is 4.55. The van der Waals surface area contributed by atoms with E-state index >= 15 is 0 Å². The van der Waals surface area contributed by atoms with Crippen LogP contribution >= 0.6 is 11.3 Å². The van der Waals surface area contributed by atoms with Gasteiger partial charge in [-0.2, -0.15) is 0 Å². The normalized spacial score (nSPS) is 10.5. The highest BCUT2D eigenvalue weighted by molar-refractivity contribution is 7.13. The highest BCUT2D eigenvalue weighted by Gasteiger charge is 2.09. The molecule has 26 heavy (non-hydrogen) atoms. The molecule has 1 aromatic heterocycles. The van der Waals surface area contributed by atoms with Crippen molar-refractivity contribution in [2.45, 2.75) is 19.9 Å². The number of carboxylic acid groups (broad SMARTS) is 1. The number of nitrogens with zero attached hydrogens (tertiary/aromatic N) is 1. The molecular formula is C20H18N2O3S. The molecule has 0 aliphatic carbocycles. The summed E-state index contributed by atoms with van der Waals surface area (Å²) in [5.74, 6) is -1.08. The molecule has 0 aliphatic rings. The monoisotopic (exact) mass is 366 g/mol. The summed E-state index contributed by atoms with van der Waals surface area (Å²) < 4.78 is 0. The average molecular weight is 366 g/mol. The topological polar surface area (TPSA) is 79.3 Å². The molecule has 3 rings (SSSR count). The van der Waals surface area contributed by atoms with Gasteiger partial charge < -0.3 is 10.4 Å². The fourth-order valence-corrected chi connectivity index (χ4v) is 3.31. The number of amides is 1. The lowest BCUT2D eigenvalue weighted by molar-refractivity contribution is -0.120. The van der Waals surface area contributed by atoms with Crippen molar-refractivity contribution in [2.24, 2.45) is 0 Å². The van der Waals surface area contributed by atoms with Crippen LogP contribution in [0.25, 0.3) is 10.6 Å². The second-order valence-electron chi connectivity index (χ2n) is 5.97. The van der Waals surface area contributed by atoms with Gasteiger partial charge in [0.15, 0.2) is 0 Å². The van der Waals surface area contributed by atoms with Gasteiger partial charge in [0.25, 0.3) is 0 Å². The standard InChI is InChI=1S/C20H18N2O3S/c1-13-3-2-4-16(9-13)19-22-17(12-26-19)10-18(23)21-11-14-5-7-15(8-6-14)20(24)25/h2-9,12H,10-11H2,1H3,(H,21,23)(H,24,25). The summed E-state index contributed by atoms with van der Waals surface area (Å²) in [5.41, 5.74) is 4.05. The smallest absolute Gasteiger partial charge is 0.335 e. The molecular weight excluding hydrogens is 348 g/mol. The summed E-state index contributed by atoms with van der Waals surface area (Å²) in [6, 6.07) is 14.6. The number of carbonyl (C=O) groups excluding carboxylic acids is 1. The van der Waals surface area contributed by atoms with Crippen molar-refractivity contribution in [3.8, 4) is 10.6 Å². The lowest BCUT2D eigenvalue weighted by atomic mass is 10.1. The van der Waals surface area contributed by atoms with E-state index in [4.69, 9.17) is 5.11 Å². The Kier molecular flexibility index (Phi) is 5.43. The lowest BCUT2D eigenvalue weighted by Crippen LogP contribution is -2.24. The molecule has 5 nitrogen and oxygen atoms in total. The zero-order chi connectivity index (χ0) is 18.5. The van der Waals surface area contributed by atoms with Gasteiger partial charge in [-0.15, -0.1) is 11.3 Å². The first kappa shape index (κ1) is 17.8. The van der Waals surface area contributed by atoms with E-state index in [2.05, 4.69) is 16.4 Å². The second-order valence-corrected chi connectivity index (χ2v) is 6.83. The maximum absolute atomic E-state index is 12.1. The average Bonchev–Trinajstić information content (AvgIpc) is 3.09. The molecule has 0 aliphatic heterocycles. The van der Waals surface area contributed by atoms with Crippen LogP contribution in [0.4, 0.5) is 0 Å². The van der Waals surface area contributed by atoms with Crippen LogP contribution in [0.3, 0.4) is 0 Å². The number of aromatic nitrogens is 1. The Hall–Kier alpha value is -2.99. The number of aromatic carboxylic acids is 1. The Labute approximate surface area is 155 Å². The van der Waals surface area contributed by atoms with Crippen molar-refractivity contribution in [2.75, 3.05) is 0 Å². The molecule has 2 aromatic carbocycles. The molecule has 0 bridgehead atoms. The summed E-state index contributed by atoms with van der Waals surface area (Å²) in [6.07, 6.45) is 0.218. The van der Waals surface area contributed by atoms with Crippen LogP contribution in [0.2, 0.25) is 0 Å². The number of rotatable bonds is 6. The number of nitrogens with one attached hydrogen (secondary N) is 1. The Morgan fingerprint density at radius 3 is 2.62 bits per heavy atom. The first-order valence-electron chi connectivity index (χ1n) is 8.11. The van der Waals surface area contributed by atoms with Gasteiger partial charge in [0.2, 0.25) is 5.91 Å². The highest BCUT2D eigenvalue weighted by Crippen LogP contribution is 2.24. The van der Waals surface area contributed by atoms with Crippen molar-refractivity contribution in [1.82, 2.24) is 10.3 Å². The van der Waals surface area contributed by atoms with E-state index in [1.54, 1.807) is 12.1 Å². The zero-order valence-electron chi connectivity index (χ0n) is 14.2. The Morgan fingerprint density at radius 1 is 1.15 bits per heavy atom. The molecule has 0 saturated heterocycles. The highest BCUT2D eigenvalue weighted by atomic mass is 32.1. The van der Waals surface area contributed by atoms with Gasteiger partial charge in [0.05, 0.1) is 17.7 Å². The van der Waals surface area contributed by atoms with E-state index in [0.29, 0.717) is 6.54 Å².